The molecular formula is C23H29ClN4OS. The Morgan fingerprint density at radius 2 is 1.80 bits per heavy atom. The Labute approximate surface area is 187 Å². The summed E-state index contributed by atoms with van der Waals surface area (Å²) in [5, 5.41) is 10.7. The van der Waals surface area contributed by atoms with Gasteiger partial charge in [-0.15, -0.1) is 11.3 Å². The third kappa shape index (κ3) is 4.19. The molecule has 2 aromatic heterocycles. The van der Waals surface area contributed by atoms with Crippen LogP contribution in [0.4, 0.5) is 5.82 Å². The molecular weight excluding hydrogens is 416 g/mol. The molecule has 1 aliphatic rings. The van der Waals surface area contributed by atoms with Crippen molar-refractivity contribution >= 4 is 39.0 Å². The van der Waals surface area contributed by atoms with Crippen molar-refractivity contribution in [1.82, 2.24) is 14.9 Å². The van der Waals surface area contributed by atoms with Crippen LogP contribution < -0.4 is 4.90 Å². The second-order valence-electron chi connectivity index (χ2n) is 8.08. The Balaban J connectivity index is 1.80. The molecule has 1 saturated heterocycles. The van der Waals surface area contributed by atoms with Gasteiger partial charge < -0.3 is 10.0 Å². The third-order valence-electron chi connectivity index (χ3n) is 5.85. The standard InChI is InChI=1S/C23H29ClN4OS/c1-4-18-19(17-7-5-16(6-8-17)15(2)3)20-21(25-23(24)26-22(20)30-18)28-11-9-27(10-12-28)13-14-29/h5-8,15,29H,4,9-14H2,1-3H3. The first-order chi connectivity index (χ1) is 14.5. The summed E-state index contributed by atoms with van der Waals surface area (Å²) < 4.78 is 0. The number of fused-ring (bicyclic) bond motifs is 1. The van der Waals surface area contributed by atoms with Crippen molar-refractivity contribution in [2.45, 2.75) is 33.1 Å². The van der Waals surface area contributed by atoms with Crippen LogP contribution in [0.2, 0.25) is 5.28 Å². The minimum atomic E-state index is 0.199. The van der Waals surface area contributed by atoms with Crippen molar-refractivity contribution in [2.24, 2.45) is 0 Å². The van der Waals surface area contributed by atoms with E-state index in [0.717, 1.165) is 55.2 Å². The number of aliphatic hydroxyl groups is 1. The molecule has 1 aliphatic heterocycles. The van der Waals surface area contributed by atoms with Crippen LogP contribution >= 0.6 is 22.9 Å². The first-order valence-electron chi connectivity index (χ1n) is 10.7. The van der Waals surface area contributed by atoms with Gasteiger partial charge in [-0.25, -0.2) is 4.98 Å². The number of hydrogen-bond donors (Lipinski definition) is 1. The highest BCUT2D eigenvalue weighted by Gasteiger charge is 2.25. The molecule has 1 aromatic carbocycles. The molecule has 0 unspecified atom stereocenters. The minimum Gasteiger partial charge on any atom is -0.395 e. The van der Waals surface area contributed by atoms with Crippen LogP contribution in [-0.2, 0) is 6.42 Å². The number of nitrogens with zero attached hydrogens (tertiary/aromatic N) is 4. The van der Waals surface area contributed by atoms with Crippen molar-refractivity contribution < 1.29 is 5.11 Å². The van der Waals surface area contributed by atoms with Crippen LogP contribution in [0.5, 0.6) is 0 Å². The number of thiophene rings is 1. The topological polar surface area (TPSA) is 52.5 Å². The van der Waals surface area contributed by atoms with Crippen LogP contribution in [0.3, 0.4) is 0 Å². The Morgan fingerprint density at radius 3 is 2.40 bits per heavy atom. The number of benzene rings is 1. The second kappa shape index (κ2) is 9.18. The van der Waals surface area contributed by atoms with E-state index >= 15 is 0 Å². The molecule has 160 valence electrons. The molecule has 3 aromatic rings. The third-order valence-corrected chi connectivity index (χ3v) is 7.25. The Hall–Kier alpha value is -1.73. The predicted octanol–water partition coefficient (Wildman–Crippen LogP) is 4.81. The average molecular weight is 445 g/mol. The number of piperazine rings is 1. The highest BCUT2D eigenvalue weighted by Crippen LogP contribution is 2.43. The van der Waals surface area contributed by atoms with Crippen molar-refractivity contribution in [3.63, 3.8) is 0 Å². The number of rotatable bonds is 6. The van der Waals surface area contributed by atoms with Gasteiger partial charge in [0.1, 0.15) is 10.6 Å². The van der Waals surface area contributed by atoms with Gasteiger partial charge in [0.05, 0.1) is 12.0 Å². The molecule has 30 heavy (non-hydrogen) atoms. The van der Waals surface area contributed by atoms with Crippen molar-refractivity contribution in [3.8, 4) is 11.1 Å². The van der Waals surface area contributed by atoms with E-state index in [1.807, 2.05) is 0 Å². The zero-order chi connectivity index (χ0) is 21.3. The van der Waals surface area contributed by atoms with E-state index < -0.39 is 0 Å². The van der Waals surface area contributed by atoms with E-state index in [1.54, 1.807) is 11.3 Å². The molecule has 0 atom stereocenters. The van der Waals surface area contributed by atoms with Crippen molar-refractivity contribution in [2.75, 3.05) is 44.2 Å². The zero-order valence-electron chi connectivity index (χ0n) is 17.9. The fraction of sp³-hybridized carbons (Fsp3) is 0.478. The maximum absolute atomic E-state index is 9.23. The van der Waals surface area contributed by atoms with E-state index in [1.165, 1.54) is 21.6 Å². The van der Waals surface area contributed by atoms with Gasteiger partial charge in [-0.3, -0.25) is 4.90 Å². The SMILES string of the molecule is CCc1sc2nc(Cl)nc(N3CCN(CCO)CC3)c2c1-c1ccc(C(C)C)cc1. The predicted molar refractivity (Wildman–Crippen MR) is 127 cm³/mol. The largest absolute Gasteiger partial charge is 0.395 e. The van der Waals surface area contributed by atoms with Gasteiger partial charge >= 0.3 is 0 Å². The summed E-state index contributed by atoms with van der Waals surface area (Å²) in [4.78, 5) is 16.2. The summed E-state index contributed by atoms with van der Waals surface area (Å²) >= 11 is 8.07. The number of aromatic nitrogens is 2. The molecule has 0 bridgehead atoms. The summed E-state index contributed by atoms with van der Waals surface area (Å²) in [5.74, 6) is 1.45. The number of aliphatic hydroxyl groups excluding tert-OH is 1. The van der Waals surface area contributed by atoms with E-state index in [0.29, 0.717) is 11.2 Å². The van der Waals surface area contributed by atoms with Gasteiger partial charge in [-0.1, -0.05) is 45.0 Å². The number of aryl methyl sites for hydroxylation is 1. The minimum absolute atomic E-state index is 0.199. The molecule has 1 N–H and O–H groups in total. The van der Waals surface area contributed by atoms with Crippen LogP contribution in [0.15, 0.2) is 24.3 Å². The second-order valence-corrected chi connectivity index (χ2v) is 9.50. The first-order valence-corrected chi connectivity index (χ1v) is 11.9. The van der Waals surface area contributed by atoms with Crippen LogP contribution in [0.1, 0.15) is 37.1 Å². The molecule has 0 radical (unpaired) electrons. The van der Waals surface area contributed by atoms with Gasteiger partial charge in [0.2, 0.25) is 5.28 Å². The lowest BCUT2D eigenvalue weighted by Gasteiger charge is -2.35. The number of halogens is 1. The Kier molecular flexibility index (Phi) is 6.58. The smallest absolute Gasteiger partial charge is 0.225 e. The number of anilines is 1. The molecule has 7 heteroatoms. The lowest BCUT2D eigenvalue weighted by Crippen LogP contribution is -2.47. The number of β-amino-alcohol motifs (C(OH)–C–C–N with tert-alkyl or cyclic N) is 1. The van der Waals surface area contributed by atoms with Gasteiger partial charge in [-0.05, 0) is 35.1 Å². The normalized spacial score (nSPS) is 15.5. The van der Waals surface area contributed by atoms with Gasteiger partial charge in [0.15, 0.2) is 0 Å². The quantitative estimate of drug-likeness (QED) is 0.553. The van der Waals surface area contributed by atoms with Crippen LogP contribution in [0, 0.1) is 0 Å². The monoisotopic (exact) mass is 444 g/mol. The van der Waals surface area contributed by atoms with E-state index in [9.17, 15) is 5.11 Å². The molecule has 5 nitrogen and oxygen atoms in total. The maximum atomic E-state index is 9.23. The Bertz CT molecular complexity index is 1010. The zero-order valence-corrected chi connectivity index (χ0v) is 19.4. The van der Waals surface area contributed by atoms with Crippen molar-refractivity contribution in [3.05, 3.63) is 40.0 Å². The molecule has 0 aliphatic carbocycles. The molecule has 0 saturated carbocycles. The van der Waals surface area contributed by atoms with Gasteiger partial charge in [-0.2, -0.15) is 4.98 Å². The summed E-state index contributed by atoms with van der Waals surface area (Å²) in [6, 6.07) is 8.92. The highest BCUT2D eigenvalue weighted by atomic mass is 35.5. The molecule has 4 rings (SSSR count). The first kappa shape index (κ1) is 21.5. The lowest BCUT2D eigenvalue weighted by atomic mass is 9.97. The lowest BCUT2D eigenvalue weighted by molar-refractivity contribution is 0.188. The summed E-state index contributed by atoms with van der Waals surface area (Å²) in [5.41, 5.74) is 3.81. The van der Waals surface area contributed by atoms with Gasteiger partial charge in [0, 0.05) is 43.2 Å². The fourth-order valence-electron chi connectivity index (χ4n) is 4.15. The summed E-state index contributed by atoms with van der Waals surface area (Å²) in [7, 11) is 0. The average Bonchev–Trinajstić information content (AvgIpc) is 3.12. The molecule has 0 spiro atoms. The molecule has 0 amide bonds. The molecule has 3 heterocycles. The van der Waals surface area contributed by atoms with E-state index in [-0.39, 0.29) is 6.61 Å². The fourth-order valence-corrected chi connectivity index (χ4v) is 5.49. The number of hydrogen-bond acceptors (Lipinski definition) is 6. The van der Waals surface area contributed by atoms with Crippen LogP contribution in [-0.4, -0.2) is 59.3 Å². The Morgan fingerprint density at radius 1 is 1.10 bits per heavy atom. The summed E-state index contributed by atoms with van der Waals surface area (Å²) in [6.45, 7) is 11.1. The van der Waals surface area contributed by atoms with Crippen molar-refractivity contribution in [1.29, 1.82) is 0 Å². The van der Waals surface area contributed by atoms with Gasteiger partial charge in [0.25, 0.3) is 0 Å². The van der Waals surface area contributed by atoms with E-state index in [2.05, 4.69) is 59.8 Å². The maximum Gasteiger partial charge on any atom is 0.225 e. The van der Waals surface area contributed by atoms with Crippen LogP contribution in [0.25, 0.3) is 21.3 Å². The summed E-state index contributed by atoms with van der Waals surface area (Å²) in [6.07, 6.45) is 0.948. The van der Waals surface area contributed by atoms with E-state index in [4.69, 9.17) is 16.6 Å². The highest BCUT2D eigenvalue weighted by molar-refractivity contribution is 7.19. The molecule has 1 fully saturated rings.